The van der Waals surface area contributed by atoms with Crippen LogP contribution in [-0.4, -0.2) is 53.3 Å². The molecule has 0 saturated carbocycles. The summed E-state index contributed by atoms with van der Waals surface area (Å²) in [7, 11) is -4.77. The van der Waals surface area contributed by atoms with Gasteiger partial charge >= 0.3 is 19.8 Å². The molecule has 0 spiro atoms. The number of hydrogen-bond acceptors (Lipinski definition) is 7. The molecule has 2 N–H and O–H groups in total. The van der Waals surface area contributed by atoms with Crippen molar-refractivity contribution >= 4 is 19.8 Å². The first-order valence-electron chi connectivity index (χ1n) is 20.5. The molecule has 2 unspecified atom stereocenters. The molecule has 1 aliphatic heterocycles. The molecule has 1 rings (SSSR count). The van der Waals surface area contributed by atoms with Crippen LogP contribution >= 0.6 is 7.82 Å². The maximum atomic E-state index is 12.5. The molecule has 1 heterocycles. The number of rotatable bonds is 37. The number of ether oxygens (including phenoxy) is 3. The van der Waals surface area contributed by atoms with E-state index < -0.39 is 32.5 Å². The molecule has 49 heavy (non-hydrogen) atoms. The lowest BCUT2D eigenvalue weighted by atomic mass is 10.0. The Morgan fingerprint density at radius 1 is 0.571 bits per heavy atom. The largest absolute Gasteiger partial charge is 0.469 e. The van der Waals surface area contributed by atoms with E-state index in [1.54, 1.807) is 0 Å². The van der Waals surface area contributed by atoms with Crippen molar-refractivity contribution in [1.29, 1.82) is 0 Å². The van der Waals surface area contributed by atoms with Crippen molar-refractivity contribution in [3.8, 4) is 0 Å². The number of carbonyl (C=O) groups excluding carboxylic acids is 2. The standard InChI is InChI=1S/C39H75O9P/c1-3-5-7-9-11-13-15-17-18-19-21-23-25-27-29-31-38(40)45-33-35(34-46-49(42,43)44)47-39(41)32-37-36(48-37)30-28-26-24-22-20-16-14-12-10-8-6-4-2/h35-37H,3-34H2,1-2H3,(H2,42,43,44)/t35-,36?,37?/m1/s1. The average molecular weight is 719 g/mol. The number of epoxide rings is 1. The van der Waals surface area contributed by atoms with Gasteiger partial charge in [-0.05, 0) is 12.8 Å². The van der Waals surface area contributed by atoms with Crippen LogP contribution in [0.2, 0.25) is 0 Å². The van der Waals surface area contributed by atoms with Crippen LogP contribution in [0.25, 0.3) is 0 Å². The van der Waals surface area contributed by atoms with Crippen molar-refractivity contribution in [3.05, 3.63) is 0 Å². The molecular formula is C39H75O9P. The molecule has 0 aromatic heterocycles. The predicted molar refractivity (Wildman–Crippen MR) is 197 cm³/mol. The van der Waals surface area contributed by atoms with Crippen molar-refractivity contribution in [2.75, 3.05) is 13.2 Å². The van der Waals surface area contributed by atoms with Crippen LogP contribution in [0, 0.1) is 0 Å². The minimum Gasteiger partial charge on any atom is -0.462 e. The summed E-state index contributed by atoms with van der Waals surface area (Å²) in [6.07, 6.45) is 34.1. The number of hydrogen-bond donors (Lipinski definition) is 2. The van der Waals surface area contributed by atoms with Crippen LogP contribution < -0.4 is 0 Å². The lowest BCUT2D eigenvalue weighted by Crippen LogP contribution is -2.30. The quantitative estimate of drug-likeness (QED) is 0.0279. The van der Waals surface area contributed by atoms with Gasteiger partial charge in [0.2, 0.25) is 0 Å². The first-order valence-corrected chi connectivity index (χ1v) is 22.0. The summed E-state index contributed by atoms with van der Waals surface area (Å²) in [6.45, 7) is 3.64. The second-order valence-corrected chi connectivity index (χ2v) is 15.6. The van der Waals surface area contributed by atoms with E-state index in [4.69, 9.17) is 24.0 Å². The van der Waals surface area contributed by atoms with Gasteiger partial charge in [0, 0.05) is 6.42 Å². The van der Waals surface area contributed by atoms with E-state index in [1.807, 2.05) is 0 Å². The van der Waals surface area contributed by atoms with Crippen LogP contribution in [0.5, 0.6) is 0 Å². The van der Waals surface area contributed by atoms with Gasteiger partial charge in [-0.2, -0.15) is 0 Å². The fraction of sp³-hybridized carbons (Fsp3) is 0.949. The highest BCUT2D eigenvalue weighted by atomic mass is 31.2. The van der Waals surface area contributed by atoms with Gasteiger partial charge in [-0.15, -0.1) is 0 Å². The molecule has 0 aromatic carbocycles. The minimum absolute atomic E-state index is 0.0493. The number of phosphoric ester groups is 1. The molecule has 0 amide bonds. The summed E-state index contributed by atoms with van der Waals surface area (Å²) in [5, 5.41) is 0. The maximum Gasteiger partial charge on any atom is 0.469 e. The molecule has 0 radical (unpaired) electrons. The molecule has 1 aliphatic rings. The summed E-state index contributed by atoms with van der Waals surface area (Å²) in [5.41, 5.74) is 0. The van der Waals surface area contributed by atoms with Gasteiger partial charge in [-0.3, -0.25) is 14.1 Å². The number of carbonyl (C=O) groups is 2. The van der Waals surface area contributed by atoms with E-state index >= 15 is 0 Å². The van der Waals surface area contributed by atoms with Gasteiger partial charge in [0.25, 0.3) is 0 Å². The third-order valence-electron chi connectivity index (χ3n) is 9.54. The van der Waals surface area contributed by atoms with Crippen molar-refractivity contribution in [3.63, 3.8) is 0 Å². The smallest absolute Gasteiger partial charge is 0.462 e. The number of esters is 2. The zero-order valence-corrected chi connectivity index (χ0v) is 32.5. The molecule has 290 valence electrons. The van der Waals surface area contributed by atoms with Crippen molar-refractivity contribution < 1.29 is 42.7 Å². The zero-order chi connectivity index (χ0) is 35.8. The first-order chi connectivity index (χ1) is 23.7. The SMILES string of the molecule is CCCCCCCCCCCCCCCCCC(=O)OC[C@H](COP(=O)(O)O)OC(=O)CC1OC1CCCCCCCCCCCCCC. The van der Waals surface area contributed by atoms with Gasteiger partial charge in [0.15, 0.2) is 6.10 Å². The highest BCUT2D eigenvalue weighted by molar-refractivity contribution is 7.46. The summed E-state index contributed by atoms with van der Waals surface area (Å²) in [5.74, 6) is -0.972. The lowest BCUT2D eigenvalue weighted by molar-refractivity contribution is -0.161. The maximum absolute atomic E-state index is 12.5. The van der Waals surface area contributed by atoms with E-state index in [-0.39, 0.29) is 31.7 Å². The Hall–Kier alpha value is -0.990. The highest BCUT2D eigenvalue weighted by Crippen LogP contribution is 2.36. The van der Waals surface area contributed by atoms with Gasteiger partial charge in [-0.25, -0.2) is 4.57 Å². The molecule has 0 aromatic rings. The van der Waals surface area contributed by atoms with Gasteiger partial charge in [-0.1, -0.05) is 181 Å². The number of phosphoric acid groups is 1. The average Bonchev–Trinajstić information content (AvgIpc) is 3.81. The Morgan fingerprint density at radius 2 is 0.980 bits per heavy atom. The zero-order valence-electron chi connectivity index (χ0n) is 31.6. The van der Waals surface area contributed by atoms with Crippen LogP contribution in [-0.2, 0) is 32.9 Å². The summed E-state index contributed by atoms with van der Waals surface area (Å²) in [6, 6.07) is 0. The van der Waals surface area contributed by atoms with Crippen LogP contribution in [0.1, 0.15) is 206 Å². The van der Waals surface area contributed by atoms with Gasteiger partial charge in [0.1, 0.15) is 6.61 Å². The molecule has 3 atom stereocenters. The highest BCUT2D eigenvalue weighted by Gasteiger charge is 2.40. The molecule has 10 heteroatoms. The Bertz CT molecular complexity index is 833. The summed E-state index contributed by atoms with van der Waals surface area (Å²) < 4.78 is 32.1. The van der Waals surface area contributed by atoms with Crippen molar-refractivity contribution in [2.45, 2.75) is 225 Å². The van der Waals surface area contributed by atoms with E-state index in [2.05, 4.69) is 18.4 Å². The Labute approximate surface area is 300 Å². The van der Waals surface area contributed by atoms with Gasteiger partial charge in [0.05, 0.1) is 25.2 Å². The first kappa shape index (κ1) is 46.0. The van der Waals surface area contributed by atoms with Crippen LogP contribution in [0.3, 0.4) is 0 Å². The van der Waals surface area contributed by atoms with Crippen molar-refractivity contribution in [2.24, 2.45) is 0 Å². The minimum atomic E-state index is -4.77. The lowest BCUT2D eigenvalue weighted by Gasteiger charge is -2.18. The fourth-order valence-corrected chi connectivity index (χ4v) is 6.75. The molecular weight excluding hydrogens is 643 g/mol. The Balaban J connectivity index is 2.09. The monoisotopic (exact) mass is 719 g/mol. The second-order valence-electron chi connectivity index (χ2n) is 14.4. The van der Waals surface area contributed by atoms with Gasteiger partial charge < -0.3 is 24.0 Å². The van der Waals surface area contributed by atoms with Crippen LogP contribution in [0.4, 0.5) is 0 Å². The molecule has 0 bridgehead atoms. The molecule has 9 nitrogen and oxygen atoms in total. The summed E-state index contributed by atoms with van der Waals surface area (Å²) >= 11 is 0. The third-order valence-corrected chi connectivity index (χ3v) is 10.0. The second kappa shape index (κ2) is 31.7. The molecule has 1 saturated heterocycles. The van der Waals surface area contributed by atoms with E-state index in [0.717, 1.165) is 32.1 Å². The summed E-state index contributed by atoms with van der Waals surface area (Å²) in [4.78, 5) is 43.0. The fourth-order valence-electron chi connectivity index (χ4n) is 6.39. The topological polar surface area (TPSA) is 132 Å². The molecule has 0 aliphatic carbocycles. The normalized spacial score (nSPS) is 16.5. The van der Waals surface area contributed by atoms with E-state index in [9.17, 15) is 14.2 Å². The van der Waals surface area contributed by atoms with E-state index in [1.165, 1.54) is 148 Å². The number of unbranched alkanes of at least 4 members (excludes halogenated alkanes) is 25. The predicted octanol–water partition coefficient (Wildman–Crippen LogP) is 11.1. The Kier molecular flexibility index (Phi) is 29.8. The Morgan fingerprint density at radius 3 is 1.41 bits per heavy atom. The van der Waals surface area contributed by atoms with Crippen molar-refractivity contribution in [1.82, 2.24) is 0 Å². The van der Waals surface area contributed by atoms with E-state index in [0.29, 0.717) is 0 Å². The third kappa shape index (κ3) is 31.5. The van der Waals surface area contributed by atoms with Crippen LogP contribution in [0.15, 0.2) is 0 Å². The molecule has 1 fully saturated rings.